The Hall–Kier alpha value is -2.75. The van der Waals surface area contributed by atoms with Gasteiger partial charge in [0.2, 0.25) is 10.0 Å². The fourth-order valence-electron chi connectivity index (χ4n) is 2.60. The van der Waals surface area contributed by atoms with Crippen LogP contribution in [0.5, 0.6) is 0 Å². The molecule has 1 aliphatic rings. The van der Waals surface area contributed by atoms with Crippen LogP contribution in [-0.4, -0.2) is 44.2 Å². The van der Waals surface area contributed by atoms with E-state index in [9.17, 15) is 18.0 Å². The molecule has 0 radical (unpaired) electrons. The third-order valence-electron chi connectivity index (χ3n) is 4.00. The number of esters is 1. The zero-order valence-corrected chi connectivity index (χ0v) is 16.1. The third-order valence-corrected chi connectivity index (χ3v) is 5.39. The van der Waals surface area contributed by atoms with E-state index < -0.39 is 33.4 Å². The summed E-state index contributed by atoms with van der Waals surface area (Å²) in [6.45, 7) is -0.144. The van der Waals surface area contributed by atoms with Gasteiger partial charge >= 0.3 is 5.97 Å². The summed E-state index contributed by atoms with van der Waals surface area (Å²) in [6.07, 6.45) is 0.596. The summed E-state index contributed by atoms with van der Waals surface area (Å²) in [7, 11) is -4.10. The van der Waals surface area contributed by atoms with Crippen LogP contribution >= 0.6 is 11.6 Å². The molecule has 0 saturated heterocycles. The number of primary sulfonamides is 1. The lowest BCUT2D eigenvalue weighted by Crippen LogP contribution is -2.28. The van der Waals surface area contributed by atoms with Crippen molar-refractivity contribution in [2.45, 2.75) is 11.3 Å². The summed E-state index contributed by atoms with van der Waals surface area (Å²) in [5.74, 6) is -1.36. The van der Waals surface area contributed by atoms with Crippen LogP contribution in [0.1, 0.15) is 22.3 Å². The number of nitrogens with zero attached hydrogens (tertiary/aromatic N) is 2. The number of sulfonamides is 1. The van der Waals surface area contributed by atoms with Crippen LogP contribution in [0.2, 0.25) is 5.02 Å². The summed E-state index contributed by atoms with van der Waals surface area (Å²) in [5, 5.41) is 10.4. The maximum atomic E-state index is 12.2. The summed E-state index contributed by atoms with van der Waals surface area (Å²) in [6, 6.07) is 13.0. The van der Waals surface area contributed by atoms with Crippen LogP contribution in [0.25, 0.3) is 0 Å². The van der Waals surface area contributed by atoms with E-state index in [0.717, 1.165) is 17.3 Å². The Kier molecular flexibility index (Phi) is 5.78. The number of amides is 1. The number of benzene rings is 2. The first-order chi connectivity index (χ1) is 13.3. The van der Waals surface area contributed by atoms with Crippen LogP contribution in [0, 0.1) is 0 Å². The van der Waals surface area contributed by atoms with Gasteiger partial charge in [0.15, 0.2) is 6.61 Å². The highest BCUT2D eigenvalue weighted by Gasteiger charge is 2.23. The minimum atomic E-state index is -4.10. The van der Waals surface area contributed by atoms with E-state index in [1.807, 2.05) is 30.3 Å². The molecule has 0 unspecified atom stereocenters. The van der Waals surface area contributed by atoms with Gasteiger partial charge in [0.1, 0.15) is 4.90 Å². The van der Waals surface area contributed by atoms with Crippen molar-refractivity contribution < 1.29 is 22.7 Å². The largest absolute Gasteiger partial charge is 0.452 e. The molecule has 0 spiro atoms. The molecule has 0 bridgehead atoms. The molecule has 10 heteroatoms. The van der Waals surface area contributed by atoms with Gasteiger partial charge in [-0.25, -0.2) is 23.4 Å². The molecule has 146 valence electrons. The van der Waals surface area contributed by atoms with Gasteiger partial charge in [-0.05, 0) is 23.8 Å². The molecule has 0 atom stereocenters. The van der Waals surface area contributed by atoms with Crippen molar-refractivity contribution in [3.63, 3.8) is 0 Å². The highest BCUT2D eigenvalue weighted by Crippen LogP contribution is 2.22. The molecule has 3 rings (SSSR count). The maximum Gasteiger partial charge on any atom is 0.338 e. The SMILES string of the molecule is NS(=O)(=O)c1cc(C(=O)OCC(=O)N2CCC(c3ccccc3)=N2)ccc1Cl. The van der Waals surface area contributed by atoms with Crippen LogP contribution in [-0.2, 0) is 19.6 Å². The minimum absolute atomic E-state index is 0.0869. The fourth-order valence-corrected chi connectivity index (χ4v) is 3.68. The number of halogens is 1. The number of nitrogens with two attached hydrogens (primary N) is 1. The number of carbonyl (C=O) groups excluding carboxylic acids is 2. The first-order valence-electron chi connectivity index (χ1n) is 8.18. The molecule has 28 heavy (non-hydrogen) atoms. The summed E-state index contributed by atoms with van der Waals surface area (Å²) in [5.41, 5.74) is 1.61. The van der Waals surface area contributed by atoms with E-state index in [-0.39, 0.29) is 10.6 Å². The Labute approximate surface area is 166 Å². The number of hydrogen-bond donors (Lipinski definition) is 1. The van der Waals surface area contributed by atoms with Crippen molar-refractivity contribution in [2.24, 2.45) is 10.2 Å². The molecule has 1 aliphatic heterocycles. The number of rotatable bonds is 5. The second-order valence-corrected chi connectivity index (χ2v) is 7.88. The zero-order chi connectivity index (χ0) is 20.3. The Morgan fingerprint density at radius 2 is 1.89 bits per heavy atom. The van der Waals surface area contributed by atoms with Crippen LogP contribution in [0.4, 0.5) is 0 Å². The molecule has 0 aliphatic carbocycles. The quantitative estimate of drug-likeness (QED) is 0.738. The number of carbonyl (C=O) groups is 2. The van der Waals surface area contributed by atoms with Gasteiger partial charge < -0.3 is 4.74 Å². The summed E-state index contributed by atoms with van der Waals surface area (Å²) < 4.78 is 27.9. The Morgan fingerprint density at radius 1 is 1.18 bits per heavy atom. The van der Waals surface area contributed by atoms with Gasteiger partial charge in [0, 0.05) is 6.42 Å². The molecule has 1 amide bonds. The lowest BCUT2D eigenvalue weighted by Gasteiger charge is -2.12. The van der Waals surface area contributed by atoms with Gasteiger partial charge in [0.05, 0.1) is 22.8 Å². The molecule has 2 aromatic carbocycles. The number of hydrazone groups is 1. The molecule has 8 nitrogen and oxygen atoms in total. The Balaban J connectivity index is 1.64. The van der Waals surface area contributed by atoms with E-state index >= 15 is 0 Å². The Morgan fingerprint density at radius 3 is 2.57 bits per heavy atom. The molecular weight excluding hydrogens is 406 g/mol. The van der Waals surface area contributed by atoms with Crippen molar-refractivity contribution in [1.29, 1.82) is 0 Å². The molecule has 1 heterocycles. The third kappa shape index (κ3) is 4.56. The summed E-state index contributed by atoms with van der Waals surface area (Å²) >= 11 is 5.78. The normalized spacial score (nSPS) is 13.9. The second-order valence-electron chi connectivity index (χ2n) is 5.95. The van der Waals surface area contributed by atoms with Gasteiger partial charge in [-0.2, -0.15) is 5.10 Å². The number of ether oxygens (including phenoxy) is 1. The van der Waals surface area contributed by atoms with Gasteiger partial charge in [-0.3, -0.25) is 4.79 Å². The van der Waals surface area contributed by atoms with Crippen molar-refractivity contribution in [2.75, 3.05) is 13.2 Å². The highest BCUT2D eigenvalue weighted by molar-refractivity contribution is 7.89. The van der Waals surface area contributed by atoms with Crippen LogP contribution in [0.3, 0.4) is 0 Å². The van der Waals surface area contributed by atoms with E-state index in [1.165, 1.54) is 17.1 Å². The van der Waals surface area contributed by atoms with Crippen molar-refractivity contribution >= 4 is 39.2 Å². The molecule has 2 N–H and O–H groups in total. The average Bonchev–Trinajstić information content (AvgIpc) is 3.16. The standard InChI is InChI=1S/C18H16ClN3O5S/c19-14-7-6-13(10-16(14)28(20,25)26)18(24)27-11-17(23)22-9-8-15(21-22)12-4-2-1-3-5-12/h1-7,10H,8-9,11H2,(H2,20,25,26). The molecule has 2 aromatic rings. The van der Waals surface area contributed by atoms with Gasteiger partial charge in [-0.1, -0.05) is 41.9 Å². The topological polar surface area (TPSA) is 119 Å². The van der Waals surface area contributed by atoms with E-state index in [1.54, 1.807) is 0 Å². The van der Waals surface area contributed by atoms with Gasteiger partial charge in [-0.15, -0.1) is 0 Å². The maximum absolute atomic E-state index is 12.2. The predicted molar refractivity (Wildman–Crippen MR) is 102 cm³/mol. The molecule has 0 aromatic heterocycles. The average molecular weight is 422 g/mol. The minimum Gasteiger partial charge on any atom is -0.452 e. The monoisotopic (exact) mass is 421 g/mol. The van der Waals surface area contributed by atoms with E-state index in [4.69, 9.17) is 21.5 Å². The lowest BCUT2D eigenvalue weighted by molar-refractivity contribution is -0.134. The smallest absolute Gasteiger partial charge is 0.338 e. The first kappa shape index (κ1) is 20.0. The predicted octanol–water partition coefficient (Wildman–Crippen LogP) is 1.78. The fraction of sp³-hybridized carbons (Fsp3) is 0.167. The molecular formula is C18H16ClN3O5S. The van der Waals surface area contributed by atoms with Crippen LogP contribution < -0.4 is 5.14 Å². The molecule has 0 fully saturated rings. The van der Waals surface area contributed by atoms with Crippen LogP contribution in [0.15, 0.2) is 58.5 Å². The summed E-state index contributed by atoms with van der Waals surface area (Å²) in [4.78, 5) is 24.0. The van der Waals surface area contributed by atoms with Crippen molar-refractivity contribution in [1.82, 2.24) is 5.01 Å². The van der Waals surface area contributed by atoms with Gasteiger partial charge in [0.25, 0.3) is 5.91 Å². The van der Waals surface area contributed by atoms with Crippen molar-refractivity contribution in [3.05, 3.63) is 64.7 Å². The van der Waals surface area contributed by atoms with Crippen molar-refractivity contribution in [3.8, 4) is 0 Å². The highest BCUT2D eigenvalue weighted by atomic mass is 35.5. The van der Waals surface area contributed by atoms with E-state index in [0.29, 0.717) is 13.0 Å². The first-order valence-corrected chi connectivity index (χ1v) is 10.1. The second kappa shape index (κ2) is 8.09. The lowest BCUT2D eigenvalue weighted by atomic mass is 10.1. The molecule has 0 saturated carbocycles. The van der Waals surface area contributed by atoms with E-state index in [2.05, 4.69) is 5.10 Å². The number of hydrogen-bond acceptors (Lipinski definition) is 6. The zero-order valence-electron chi connectivity index (χ0n) is 14.5. The Bertz CT molecular complexity index is 1050.